The van der Waals surface area contributed by atoms with E-state index in [9.17, 15) is 4.79 Å². The highest BCUT2D eigenvalue weighted by Gasteiger charge is 2.13. The molecule has 1 heterocycles. The van der Waals surface area contributed by atoms with Crippen molar-refractivity contribution in [3.8, 4) is 22.8 Å². The van der Waals surface area contributed by atoms with Crippen molar-refractivity contribution in [1.29, 1.82) is 0 Å². The fourth-order valence-corrected chi connectivity index (χ4v) is 2.94. The average molecular weight is 419 g/mol. The third-order valence-corrected chi connectivity index (χ3v) is 4.38. The molecule has 0 saturated carbocycles. The topological polar surface area (TPSA) is 88.6 Å². The van der Waals surface area contributed by atoms with Crippen LogP contribution in [0.2, 0.25) is 10.0 Å². The number of aromatic nitrogens is 2. The molecule has 3 aromatic rings. The van der Waals surface area contributed by atoms with Gasteiger partial charge in [0.1, 0.15) is 17.2 Å². The number of hydrazone groups is 1. The number of halogens is 2. The van der Waals surface area contributed by atoms with Crippen LogP contribution < -0.4 is 14.9 Å². The van der Waals surface area contributed by atoms with Crippen LogP contribution in [0.5, 0.6) is 11.5 Å². The Morgan fingerprint density at radius 2 is 1.96 bits per heavy atom. The second kappa shape index (κ2) is 8.77. The Morgan fingerprint density at radius 1 is 1.14 bits per heavy atom. The number of carbonyl (C=O) groups excluding carboxylic acids is 1. The molecule has 28 heavy (non-hydrogen) atoms. The van der Waals surface area contributed by atoms with E-state index in [1.54, 1.807) is 56.7 Å². The van der Waals surface area contributed by atoms with Gasteiger partial charge in [0.05, 0.1) is 31.2 Å². The number of carbonyl (C=O) groups is 1. The first-order valence-corrected chi connectivity index (χ1v) is 8.83. The molecule has 0 aliphatic rings. The number of ether oxygens (including phenoxy) is 2. The van der Waals surface area contributed by atoms with E-state index in [0.29, 0.717) is 38.4 Å². The van der Waals surface area contributed by atoms with Crippen LogP contribution in [-0.2, 0) is 0 Å². The van der Waals surface area contributed by atoms with Crippen LogP contribution in [0, 0.1) is 0 Å². The van der Waals surface area contributed by atoms with Gasteiger partial charge in [-0.15, -0.1) is 0 Å². The summed E-state index contributed by atoms with van der Waals surface area (Å²) in [5.41, 5.74) is 4.50. The zero-order chi connectivity index (χ0) is 20.1. The number of nitrogens with zero attached hydrogens (tertiary/aromatic N) is 2. The van der Waals surface area contributed by atoms with Gasteiger partial charge in [0.2, 0.25) is 0 Å². The number of benzene rings is 2. The van der Waals surface area contributed by atoms with Crippen molar-refractivity contribution in [3.63, 3.8) is 0 Å². The molecular weight excluding hydrogens is 403 g/mol. The van der Waals surface area contributed by atoms with Gasteiger partial charge in [0.25, 0.3) is 5.91 Å². The Morgan fingerprint density at radius 3 is 2.68 bits per heavy atom. The number of rotatable bonds is 6. The van der Waals surface area contributed by atoms with E-state index in [4.69, 9.17) is 32.7 Å². The third-order valence-electron chi connectivity index (χ3n) is 3.84. The van der Waals surface area contributed by atoms with E-state index in [1.165, 1.54) is 6.21 Å². The zero-order valence-electron chi connectivity index (χ0n) is 15.0. The summed E-state index contributed by atoms with van der Waals surface area (Å²) in [6.07, 6.45) is 1.46. The van der Waals surface area contributed by atoms with Gasteiger partial charge in [0.15, 0.2) is 0 Å². The Hall–Kier alpha value is -3.03. The van der Waals surface area contributed by atoms with E-state index < -0.39 is 5.91 Å². The molecule has 7 nitrogen and oxygen atoms in total. The Balaban J connectivity index is 1.72. The Bertz CT molecular complexity index is 1030. The van der Waals surface area contributed by atoms with E-state index in [-0.39, 0.29) is 5.69 Å². The van der Waals surface area contributed by atoms with Gasteiger partial charge in [-0.05, 0) is 42.5 Å². The fraction of sp³-hybridized carbons (Fsp3) is 0.105. The minimum atomic E-state index is -0.457. The minimum absolute atomic E-state index is 0.232. The number of H-pyrrole nitrogens is 1. The maximum Gasteiger partial charge on any atom is 0.289 e. The van der Waals surface area contributed by atoms with Gasteiger partial charge in [-0.25, -0.2) is 5.43 Å². The molecule has 0 aliphatic heterocycles. The number of nitrogens with one attached hydrogen (secondary N) is 2. The molecular formula is C19H16Cl2N4O3. The van der Waals surface area contributed by atoms with Gasteiger partial charge in [-0.3, -0.25) is 9.89 Å². The number of aromatic amines is 1. The van der Waals surface area contributed by atoms with Crippen LogP contribution in [0.4, 0.5) is 0 Å². The smallest absolute Gasteiger partial charge is 0.289 e. The van der Waals surface area contributed by atoms with Gasteiger partial charge in [-0.2, -0.15) is 10.2 Å². The molecule has 0 atom stereocenters. The molecule has 0 unspecified atom stereocenters. The van der Waals surface area contributed by atoms with Crippen molar-refractivity contribution >= 4 is 35.3 Å². The lowest BCUT2D eigenvalue weighted by Crippen LogP contribution is -2.18. The van der Waals surface area contributed by atoms with Crippen molar-refractivity contribution in [3.05, 3.63) is 63.8 Å². The quantitative estimate of drug-likeness (QED) is 0.464. The van der Waals surface area contributed by atoms with Crippen LogP contribution in [0.1, 0.15) is 16.1 Å². The largest absolute Gasteiger partial charge is 0.497 e. The maximum absolute atomic E-state index is 12.3. The highest BCUT2D eigenvalue weighted by molar-refractivity contribution is 6.36. The predicted molar refractivity (Wildman–Crippen MR) is 109 cm³/mol. The van der Waals surface area contributed by atoms with E-state index in [2.05, 4.69) is 20.7 Å². The van der Waals surface area contributed by atoms with Crippen LogP contribution in [-0.4, -0.2) is 36.5 Å². The first kappa shape index (κ1) is 19.7. The van der Waals surface area contributed by atoms with E-state index in [0.717, 1.165) is 0 Å². The normalized spacial score (nSPS) is 10.9. The summed E-state index contributed by atoms with van der Waals surface area (Å²) in [5.74, 6) is 0.786. The van der Waals surface area contributed by atoms with Crippen molar-refractivity contribution in [2.24, 2.45) is 5.10 Å². The molecule has 0 saturated heterocycles. The van der Waals surface area contributed by atoms with E-state index in [1.807, 2.05) is 0 Å². The van der Waals surface area contributed by atoms with Gasteiger partial charge >= 0.3 is 0 Å². The summed E-state index contributed by atoms with van der Waals surface area (Å²) in [7, 11) is 3.11. The zero-order valence-corrected chi connectivity index (χ0v) is 16.5. The third kappa shape index (κ3) is 4.44. The lowest BCUT2D eigenvalue weighted by atomic mass is 10.1. The second-order valence-corrected chi connectivity index (χ2v) is 6.44. The molecule has 1 amide bonds. The summed E-state index contributed by atoms with van der Waals surface area (Å²) >= 11 is 12.1. The van der Waals surface area contributed by atoms with Gasteiger partial charge in [0, 0.05) is 16.1 Å². The standard InChI is InChI=1S/C19H16Cl2N4O3/c1-27-13-4-6-18(28-2)11(7-13)10-22-25-19(26)17-9-16(23-24-17)14-5-3-12(20)8-15(14)21/h3-10H,1-2H3,(H,23,24)(H,25,26)/b22-10-. The van der Waals surface area contributed by atoms with Crippen LogP contribution >= 0.6 is 23.2 Å². The average Bonchev–Trinajstić information content (AvgIpc) is 3.17. The van der Waals surface area contributed by atoms with Crippen molar-refractivity contribution in [2.45, 2.75) is 0 Å². The number of amides is 1. The summed E-state index contributed by atoms with van der Waals surface area (Å²) in [5, 5.41) is 11.7. The Kier molecular flexibility index (Phi) is 6.18. The van der Waals surface area contributed by atoms with Crippen molar-refractivity contribution < 1.29 is 14.3 Å². The summed E-state index contributed by atoms with van der Waals surface area (Å²) in [4.78, 5) is 12.3. The molecule has 1 aromatic heterocycles. The summed E-state index contributed by atoms with van der Waals surface area (Å²) in [6, 6.07) is 11.9. The van der Waals surface area contributed by atoms with Crippen LogP contribution in [0.3, 0.4) is 0 Å². The number of methoxy groups -OCH3 is 2. The van der Waals surface area contributed by atoms with Crippen molar-refractivity contribution in [2.75, 3.05) is 14.2 Å². The molecule has 0 radical (unpaired) electrons. The lowest BCUT2D eigenvalue weighted by molar-refractivity contribution is 0.0950. The molecule has 2 aromatic carbocycles. The van der Waals surface area contributed by atoms with Crippen LogP contribution in [0.15, 0.2) is 47.6 Å². The predicted octanol–water partition coefficient (Wildman–Crippen LogP) is 4.16. The molecule has 3 rings (SSSR count). The minimum Gasteiger partial charge on any atom is -0.497 e. The van der Waals surface area contributed by atoms with Gasteiger partial charge < -0.3 is 9.47 Å². The number of hydrogen-bond acceptors (Lipinski definition) is 5. The second-order valence-electron chi connectivity index (χ2n) is 5.60. The van der Waals surface area contributed by atoms with Crippen molar-refractivity contribution in [1.82, 2.24) is 15.6 Å². The maximum atomic E-state index is 12.3. The SMILES string of the molecule is COc1ccc(OC)c(/C=N\NC(=O)c2cc(-c3ccc(Cl)cc3Cl)n[nH]2)c1. The van der Waals surface area contributed by atoms with Gasteiger partial charge in [-0.1, -0.05) is 23.2 Å². The monoisotopic (exact) mass is 418 g/mol. The summed E-state index contributed by atoms with van der Waals surface area (Å²) < 4.78 is 10.4. The molecule has 9 heteroatoms. The molecule has 2 N–H and O–H groups in total. The molecule has 0 aliphatic carbocycles. The summed E-state index contributed by atoms with van der Waals surface area (Å²) in [6.45, 7) is 0. The highest BCUT2D eigenvalue weighted by Crippen LogP contribution is 2.29. The molecule has 0 bridgehead atoms. The molecule has 144 valence electrons. The number of hydrogen-bond donors (Lipinski definition) is 2. The molecule has 0 spiro atoms. The van der Waals surface area contributed by atoms with Crippen LogP contribution in [0.25, 0.3) is 11.3 Å². The first-order valence-electron chi connectivity index (χ1n) is 8.08. The highest BCUT2D eigenvalue weighted by atomic mass is 35.5. The van der Waals surface area contributed by atoms with E-state index >= 15 is 0 Å². The lowest BCUT2D eigenvalue weighted by Gasteiger charge is -2.06. The molecule has 0 fully saturated rings. The Labute approximate surface area is 171 Å². The fourth-order valence-electron chi connectivity index (χ4n) is 2.43. The first-order chi connectivity index (χ1) is 13.5.